The molecule has 0 aliphatic carbocycles. The molecule has 0 N–H and O–H groups in total. The van der Waals surface area contributed by atoms with Crippen LogP contribution in [0.1, 0.15) is 20.8 Å². The predicted octanol–water partition coefficient (Wildman–Crippen LogP) is 1.71. The molecule has 0 spiro atoms. The Hall–Kier alpha value is -0.870. The fraction of sp³-hybridized carbons (Fsp3) is 0.600. The molecule has 84 valence electrons. The van der Waals surface area contributed by atoms with Crippen molar-refractivity contribution >= 4 is 11.6 Å². The Morgan fingerprint density at radius 1 is 1.53 bits per heavy atom. The first-order chi connectivity index (χ1) is 6.90. The van der Waals surface area contributed by atoms with Gasteiger partial charge in [-0.25, -0.2) is 4.98 Å². The molecule has 5 heteroatoms. The first kappa shape index (κ1) is 12.2. The van der Waals surface area contributed by atoms with Crippen LogP contribution in [0.15, 0.2) is 17.2 Å². The Kier molecular flexibility index (Phi) is 3.88. The lowest BCUT2D eigenvalue weighted by atomic mass is 10.2. The quantitative estimate of drug-likeness (QED) is 0.794. The van der Waals surface area contributed by atoms with Crippen molar-refractivity contribution in [1.82, 2.24) is 9.55 Å². The summed E-state index contributed by atoms with van der Waals surface area (Å²) >= 11 is 5.60. The van der Waals surface area contributed by atoms with Crippen LogP contribution < -0.4 is 5.56 Å². The van der Waals surface area contributed by atoms with Crippen LogP contribution in [0.2, 0.25) is 5.15 Å². The van der Waals surface area contributed by atoms with E-state index in [1.165, 1.54) is 10.8 Å². The zero-order valence-electron chi connectivity index (χ0n) is 9.16. The zero-order valence-corrected chi connectivity index (χ0v) is 9.91. The van der Waals surface area contributed by atoms with E-state index in [9.17, 15) is 4.79 Å². The Bertz CT molecular complexity index is 382. The summed E-state index contributed by atoms with van der Waals surface area (Å²) < 4.78 is 6.99. The lowest BCUT2D eigenvalue weighted by Crippen LogP contribution is -2.26. The molecule has 1 aromatic rings. The average molecular weight is 231 g/mol. The maximum Gasteiger partial charge on any atom is 0.288 e. The Balaban J connectivity index is 2.59. The van der Waals surface area contributed by atoms with E-state index in [0.29, 0.717) is 13.2 Å². The van der Waals surface area contributed by atoms with Crippen molar-refractivity contribution in [3.05, 3.63) is 27.9 Å². The second kappa shape index (κ2) is 4.77. The second-order valence-corrected chi connectivity index (χ2v) is 4.54. The molecule has 1 rings (SSSR count). The number of aromatic nitrogens is 2. The third kappa shape index (κ3) is 4.01. The maximum absolute atomic E-state index is 11.4. The topological polar surface area (TPSA) is 44.1 Å². The van der Waals surface area contributed by atoms with Crippen LogP contribution >= 0.6 is 11.6 Å². The van der Waals surface area contributed by atoms with E-state index < -0.39 is 0 Å². The highest BCUT2D eigenvalue weighted by molar-refractivity contribution is 6.29. The molecule has 0 atom stereocenters. The summed E-state index contributed by atoms with van der Waals surface area (Å²) in [6, 6.07) is 0. The Morgan fingerprint density at radius 3 is 2.80 bits per heavy atom. The highest BCUT2D eigenvalue weighted by atomic mass is 35.5. The molecule has 1 aromatic heterocycles. The Labute approximate surface area is 93.8 Å². The van der Waals surface area contributed by atoms with E-state index in [1.807, 2.05) is 20.8 Å². The molecular formula is C10H15ClN2O2. The van der Waals surface area contributed by atoms with Crippen molar-refractivity contribution in [2.75, 3.05) is 6.61 Å². The van der Waals surface area contributed by atoms with Crippen LogP contribution in [0, 0.1) is 0 Å². The molecular weight excluding hydrogens is 216 g/mol. The smallest absolute Gasteiger partial charge is 0.288 e. The van der Waals surface area contributed by atoms with Gasteiger partial charge in [-0.15, -0.1) is 0 Å². The highest BCUT2D eigenvalue weighted by Crippen LogP contribution is 2.06. The van der Waals surface area contributed by atoms with Crippen LogP contribution in [0.3, 0.4) is 0 Å². The summed E-state index contributed by atoms with van der Waals surface area (Å²) in [7, 11) is 0. The fourth-order valence-corrected chi connectivity index (χ4v) is 1.21. The lowest BCUT2D eigenvalue weighted by molar-refractivity contribution is -0.00714. The Morgan fingerprint density at radius 2 is 2.20 bits per heavy atom. The standard InChI is InChI=1S/C10H15ClN2O2/c1-10(2,3)15-7-6-13-5-4-12-8(11)9(13)14/h4-5H,6-7H2,1-3H3. The van der Waals surface area contributed by atoms with Gasteiger partial charge >= 0.3 is 0 Å². The first-order valence-corrected chi connectivity index (χ1v) is 5.13. The SMILES string of the molecule is CC(C)(C)OCCn1ccnc(Cl)c1=O. The van der Waals surface area contributed by atoms with Gasteiger partial charge < -0.3 is 9.30 Å². The number of hydrogen-bond donors (Lipinski definition) is 0. The maximum atomic E-state index is 11.4. The van der Waals surface area contributed by atoms with E-state index in [4.69, 9.17) is 16.3 Å². The molecule has 0 aliphatic heterocycles. The van der Waals surface area contributed by atoms with E-state index in [2.05, 4.69) is 4.98 Å². The molecule has 4 nitrogen and oxygen atoms in total. The van der Waals surface area contributed by atoms with Gasteiger partial charge in [-0.2, -0.15) is 0 Å². The third-order valence-corrected chi connectivity index (χ3v) is 2.00. The largest absolute Gasteiger partial charge is 0.374 e. The first-order valence-electron chi connectivity index (χ1n) is 4.75. The lowest BCUT2D eigenvalue weighted by Gasteiger charge is -2.19. The molecule has 0 saturated heterocycles. The van der Waals surface area contributed by atoms with Gasteiger partial charge in [-0.05, 0) is 20.8 Å². The van der Waals surface area contributed by atoms with Gasteiger partial charge in [0.2, 0.25) is 0 Å². The summed E-state index contributed by atoms with van der Waals surface area (Å²) in [5.74, 6) is 0. The van der Waals surface area contributed by atoms with Gasteiger partial charge in [0.25, 0.3) is 5.56 Å². The normalized spacial score (nSPS) is 11.7. The van der Waals surface area contributed by atoms with Gasteiger partial charge in [0, 0.05) is 18.9 Å². The van der Waals surface area contributed by atoms with Crippen molar-refractivity contribution in [3.8, 4) is 0 Å². The molecule has 15 heavy (non-hydrogen) atoms. The summed E-state index contributed by atoms with van der Waals surface area (Å²) in [6.45, 7) is 6.86. The molecule has 0 aliphatic rings. The number of rotatable bonds is 3. The van der Waals surface area contributed by atoms with Crippen molar-refractivity contribution in [2.24, 2.45) is 0 Å². The van der Waals surface area contributed by atoms with Crippen LogP contribution in [0.5, 0.6) is 0 Å². The molecule has 0 amide bonds. The zero-order chi connectivity index (χ0) is 11.5. The van der Waals surface area contributed by atoms with Gasteiger partial charge in [-0.1, -0.05) is 11.6 Å². The summed E-state index contributed by atoms with van der Waals surface area (Å²) in [5.41, 5.74) is -0.475. The minimum Gasteiger partial charge on any atom is -0.374 e. The minimum atomic E-state index is -0.281. The van der Waals surface area contributed by atoms with Gasteiger partial charge in [0.15, 0.2) is 5.15 Å². The van der Waals surface area contributed by atoms with Crippen LogP contribution in [0.4, 0.5) is 0 Å². The number of halogens is 1. The summed E-state index contributed by atoms with van der Waals surface area (Å²) in [4.78, 5) is 15.1. The highest BCUT2D eigenvalue weighted by Gasteiger charge is 2.09. The molecule has 0 fully saturated rings. The van der Waals surface area contributed by atoms with Crippen molar-refractivity contribution < 1.29 is 4.74 Å². The second-order valence-electron chi connectivity index (χ2n) is 4.18. The van der Waals surface area contributed by atoms with Crippen LogP contribution in [0.25, 0.3) is 0 Å². The number of nitrogens with zero attached hydrogens (tertiary/aromatic N) is 2. The van der Waals surface area contributed by atoms with Gasteiger partial charge in [0.05, 0.1) is 12.2 Å². The molecule has 1 heterocycles. The molecule has 0 bridgehead atoms. The van der Waals surface area contributed by atoms with Crippen LogP contribution in [-0.2, 0) is 11.3 Å². The average Bonchev–Trinajstić information content (AvgIpc) is 2.10. The van der Waals surface area contributed by atoms with E-state index in [-0.39, 0.29) is 16.3 Å². The van der Waals surface area contributed by atoms with Crippen LogP contribution in [-0.4, -0.2) is 21.8 Å². The summed E-state index contributed by atoms with van der Waals surface area (Å²) in [6.07, 6.45) is 3.10. The molecule has 0 aromatic carbocycles. The molecule has 0 radical (unpaired) electrons. The molecule has 0 unspecified atom stereocenters. The summed E-state index contributed by atoms with van der Waals surface area (Å²) in [5, 5.41) is -0.00624. The van der Waals surface area contributed by atoms with E-state index >= 15 is 0 Å². The number of ether oxygens (including phenoxy) is 1. The molecule has 0 saturated carbocycles. The van der Waals surface area contributed by atoms with Crippen molar-refractivity contribution in [2.45, 2.75) is 32.9 Å². The number of hydrogen-bond acceptors (Lipinski definition) is 3. The van der Waals surface area contributed by atoms with Gasteiger partial charge in [0.1, 0.15) is 0 Å². The van der Waals surface area contributed by atoms with Crippen molar-refractivity contribution in [3.63, 3.8) is 0 Å². The van der Waals surface area contributed by atoms with E-state index in [0.717, 1.165) is 0 Å². The van der Waals surface area contributed by atoms with E-state index in [1.54, 1.807) is 6.20 Å². The monoisotopic (exact) mass is 230 g/mol. The predicted molar refractivity (Wildman–Crippen MR) is 59.2 cm³/mol. The van der Waals surface area contributed by atoms with Crippen molar-refractivity contribution in [1.29, 1.82) is 0 Å². The fourth-order valence-electron chi connectivity index (χ4n) is 1.05. The van der Waals surface area contributed by atoms with Gasteiger partial charge in [-0.3, -0.25) is 4.79 Å². The third-order valence-electron chi connectivity index (χ3n) is 1.74. The minimum absolute atomic E-state index is 0.00624.